The Morgan fingerprint density at radius 2 is 0.984 bits per heavy atom. The zero-order valence-corrected chi connectivity index (χ0v) is 36.9. The molecular weight excluding hydrogens is 807 g/mol. The molecule has 1 aromatic heterocycles. The molecule has 308 valence electrons. The fraction of sp³-hybridized carbons (Fsp3) is 0.172. The van der Waals surface area contributed by atoms with Gasteiger partial charge >= 0.3 is 0 Å². The quantitative estimate of drug-likeness (QED) is 0.167. The molecule has 12 rings (SSSR count). The average molecular weight is 854 g/mol. The van der Waals surface area contributed by atoms with E-state index in [0.717, 1.165) is 70.6 Å². The van der Waals surface area contributed by atoms with Crippen molar-refractivity contribution >= 4 is 58.4 Å². The summed E-state index contributed by atoms with van der Waals surface area (Å²) in [5, 5.41) is 2.59. The monoisotopic (exact) mass is 853 g/mol. The molecule has 2 fully saturated rings. The Balaban J connectivity index is 0.975. The number of benzene rings is 8. The van der Waals surface area contributed by atoms with Gasteiger partial charge in [-0.15, -0.1) is 11.3 Å². The lowest BCUT2D eigenvalue weighted by Crippen LogP contribution is -2.53. The van der Waals surface area contributed by atoms with Crippen LogP contribution in [0.4, 0.5) is 17.1 Å². The van der Waals surface area contributed by atoms with Gasteiger partial charge in [-0.25, -0.2) is 8.42 Å². The summed E-state index contributed by atoms with van der Waals surface area (Å²) in [6, 6.07) is 66.4. The first-order chi connectivity index (χ1) is 30.9. The lowest BCUT2D eigenvalue weighted by Gasteiger charge is -2.57. The smallest absolute Gasteiger partial charge is 0.207 e. The summed E-state index contributed by atoms with van der Waals surface area (Å²) in [4.78, 5) is 3.20. The van der Waals surface area contributed by atoms with Gasteiger partial charge in [0.2, 0.25) is 9.84 Å². The van der Waals surface area contributed by atoms with Crippen molar-refractivity contribution in [3.63, 3.8) is 0 Å². The molecule has 0 saturated heterocycles. The molecule has 2 aliphatic carbocycles. The van der Waals surface area contributed by atoms with Gasteiger partial charge < -0.3 is 4.90 Å². The van der Waals surface area contributed by atoms with Crippen LogP contribution in [-0.4, -0.2) is 8.42 Å². The van der Waals surface area contributed by atoms with Gasteiger partial charge in [0.05, 0.1) is 9.79 Å². The van der Waals surface area contributed by atoms with E-state index in [0.29, 0.717) is 27.5 Å². The van der Waals surface area contributed by atoms with Crippen molar-refractivity contribution < 1.29 is 8.42 Å². The molecule has 2 bridgehead atoms. The van der Waals surface area contributed by atoms with E-state index in [4.69, 9.17) is 0 Å². The van der Waals surface area contributed by atoms with Gasteiger partial charge in [0.15, 0.2) is 0 Å². The first-order valence-corrected chi connectivity index (χ1v) is 24.7. The van der Waals surface area contributed by atoms with Crippen LogP contribution in [0.25, 0.3) is 53.6 Å². The fourth-order valence-electron chi connectivity index (χ4n) is 11.9. The third-order valence-electron chi connectivity index (χ3n) is 14.6. The molecule has 1 aliphatic heterocycles. The SMILES string of the molecule is CC1C[C@H]2CCC[C@@H](C1)C21c2ccccc2S(=O)(=O)c2cc(N(c3ccc(-c4ccc(-c5ccccc5)cc4)cc3)c3ccc(-c4ccc5c(c4)sc4ccccc45)cc3)ccc21. The topological polar surface area (TPSA) is 37.4 Å². The summed E-state index contributed by atoms with van der Waals surface area (Å²) < 4.78 is 32.6. The Kier molecular flexibility index (Phi) is 9.10. The van der Waals surface area contributed by atoms with Gasteiger partial charge in [0, 0.05) is 42.6 Å². The standard InChI is InChI=1S/C58H47NO2S2/c1-38-34-45-12-9-13-46(35-38)58(45)52-15-6-8-17-56(52)63(60,61)57-37-49(31-33-53(57)58)59(47-27-22-42(23-28-47)41-20-18-40(19-21-41)39-10-3-2-4-11-39)48-29-24-43(25-30-48)44-26-32-51-50-14-5-7-16-54(50)62-55(51)36-44/h2-8,10-11,14-33,36-38,45-46H,9,12-13,34-35H2,1H3/t38?,45-,46+,58?. The van der Waals surface area contributed by atoms with Gasteiger partial charge in [0.1, 0.15) is 0 Å². The number of anilines is 3. The third-order valence-corrected chi connectivity index (χ3v) is 17.6. The maximum Gasteiger partial charge on any atom is 0.207 e. The van der Waals surface area contributed by atoms with E-state index in [-0.39, 0.29) is 5.41 Å². The predicted octanol–water partition coefficient (Wildman–Crippen LogP) is 15.8. The van der Waals surface area contributed by atoms with Crippen LogP contribution in [0.3, 0.4) is 0 Å². The lowest BCUT2D eigenvalue weighted by atomic mass is 9.48. The summed E-state index contributed by atoms with van der Waals surface area (Å²) in [6.07, 6.45) is 5.72. The maximum absolute atomic E-state index is 15.0. The van der Waals surface area contributed by atoms with Crippen molar-refractivity contribution in [3.05, 3.63) is 199 Å². The van der Waals surface area contributed by atoms with E-state index >= 15 is 8.42 Å². The highest BCUT2D eigenvalue weighted by Gasteiger charge is 2.58. The summed E-state index contributed by atoms with van der Waals surface area (Å²) >= 11 is 1.83. The molecule has 9 aromatic rings. The van der Waals surface area contributed by atoms with E-state index in [9.17, 15) is 0 Å². The fourth-order valence-corrected chi connectivity index (χ4v) is 14.9. The summed E-state index contributed by atoms with van der Waals surface area (Å²) in [5.74, 6) is 1.45. The van der Waals surface area contributed by atoms with Gasteiger partial charge in [-0.2, -0.15) is 0 Å². The van der Waals surface area contributed by atoms with E-state index < -0.39 is 9.84 Å². The molecule has 8 aromatic carbocycles. The average Bonchev–Trinajstić information content (AvgIpc) is 3.70. The van der Waals surface area contributed by atoms with Gasteiger partial charge in [0.25, 0.3) is 0 Å². The molecule has 63 heavy (non-hydrogen) atoms. The highest BCUT2D eigenvalue weighted by atomic mass is 32.2. The second-order valence-corrected chi connectivity index (χ2v) is 21.1. The number of thiophene rings is 1. The Labute approximate surface area is 374 Å². The van der Waals surface area contributed by atoms with Gasteiger partial charge in [-0.1, -0.05) is 147 Å². The number of hydrogen-bond donors (Lipinski definition) is 0. The van der Waals surface area contributed by atoms with Crippen molar-refractivity contribution in [1.29, 1.82) is 0 Å². The minimum atomic E-state index is -3.80. The van der Waals surface area contributed by atoms with Crippen LogP contribution >= 0.6 is 11.3 Å². The zero-order chi connectivity index (χ0) is 42.3. The second kappa shape index (κ2) is 14.9. The van der Waals surface area contributed by atoms with E-state index in [1.807, 2.05) is 35.6 Å². The summed E-state index contributed by atoms with van der Waals surface area (Å²) in [7, 11) is -3.80. The van der Waals surface area contributed by atoms with Crippen molar-refractivity contribution in [2.45, 2.75) is 54.2 Å². The number of fused-ring (bicyclic) bond motifs is 5. The minimum Gasteiger partial charge on any atom is -0.310 e. The molecule has 3 nitrogen and oxygen atoms in total. The van der Waals surface area contributed by atoms with Crippen molar-refractivity contribution in [2.24, 2.45) is 17.8 Å². The molecule has 0 radical (unpaired) electrons. The normalized spacial score (nSPS) is 20.9. The Hall–Kier alpha value is -6.27. The number of nitrogens with zero attached hydrogens (tertiary/aromatic N) is 1. The van der Waals surface area contributed by atoms with Crippen LogP contribution in [0.5, 0.6) is 0 Å². The summed E-state index contributed by atoms with van der Waals surface area (Å²) in [6.45, 7) is 2.39. The van der Waals surface area contributed by atoms with Crippen LogP contribution < -0.4 is 4.90 Å². The third kappa shape index (κ3) is 6.15. The molecule has 1 spiro atoms. The molecule has 0 N–H and O–H groups in total. The van der Waals surface area contributed by atoms with Crippen LogP contribution in [0.2, 0.25) is 0 Å². The molecular formula is C58H47NO2S2. The lowest BCUT2D eigenvalue weighted by molar-refractivity contribution is 0.0488. The Morgan fingerprint density at radius 3 is 1.67 bits per heavy atom. The molecule has 2 unspecified atom stereocenters. The Morgan fingerprint density at radius 1 is 0.476 bits per heavy atom. The molecule has 3 aliphatic rings. The molecule has 2 heterocycles. The van der Waals surface area contributed by atoms with Crippen LogP contribution in [0, 0.1) is 17.8 Å². The second-order valence-electron chi connectivity index (χ2n) is 18.1. The first-order valence-electron chi connectivity index (χ1n) is 22.4. The van der Waals surface area contributed by atoms with Gasteiger partial charge in [-0.3, -0.25) is 0 Å². The van der Waals surface area contributed by atoms with Crippen LogP contribution in [-0.2, 0) is 15.3 Å². The van der Waals surface area contributed by atoms with Crippen molar-refractivity contribution in [2.75, 3.05) is 4.90 Å². The van der Waals surface area contributed by atoms with E-state index in [1.54, 1.807) is 0 Å². The van der Waals surface area contributed by atoms with Crippen molar-refractivity contribution in [3.8, 4) is 33.4 Å². The molecule has 0 amide bonds. The zero-order valence-electron chi connectivity index (χ0n) is 35.2. The van der Waals surface area contributed by atoms with Crippen LogP contribution in [0.1, 0.15) is 50.2 Å². The number of rotatable bonds is 6. The molecule has 4 atom stereocenters. The largest absolute Gasteiger partial charge is 0.310 e. The predicted molar refractivity (Wildman–Crippen MR) is 262 cm³/mol. The van der Waals surface area contributed by atoms with Crippen LogP contribution in [0.15, 0.2) is 198 Å². The summed E-state index contributed by atoms with van der Waals surface area (Å²) in [5.41, 5.74) is 11.5. The highest BCUT2D eigenvalue weighted by Crippen LogP contribution is 2.63. The van der Waals surface area contributed by atoms with E-state index in [1.165, 1.54) is 43.3 Å². The highest BCUT2D eigenvalue weighted by molar-refractivity contribution is 7.91. The minimum absolute atomic E-state index is 0.305. The van der Waals surface area contributed by atoms with Gasteiger partial charge in [-0.05, 0) is 143 Å². The van der Waals surface area contributed by atoms with E-state index in [2.05, 4.69) is 176 Å². The molecule has 5 heteroatoms. The maximum atomic E-state index is 15.0. The Bertz CT molecular complexity index is 3280. The number of hydrogen-bond acceptors (Lipinski definition) is 4. The number of sulfone groups is 1. The first kappa shape index (κ1) is 38.4. The van der Waals surface area contributed by atoms with Crippen molar-refractivity contribution in [1.82, 2.24) is 0 Å². The molecule has 2 saturated carbocycles.